The molecule has 3 rings (SSSR count). The van der Waals surface area contributed by atoms with Crippen molar-refractivity contribution in [1.29, 1.82) is 0 Å². The third-order valence-electron chi connectivity index (χ3n) is 4.41. The van der Waals surface area contributed by atoms with Gasteiger partial charge in [0.05, 0.1) is 18.5 Å². The second-order valence-electron chi connectivity index (χ2n) is 6.70. The minimum absolute atomic E-state index is 0.152. The van der Waals surface area contributed by atoms with Crippen molar-refractivity contribution in [2.24, 2.45) is 5.73 Å². The Hall–Kier alpha value is -3.65. The maximum absolute atomic E-state index is 12.4. The van der Waals surface area contributed by atoms with Crippen LogP contribution in [-0.2, 0) is 16.6 Å². The van der Waals surface area contributed by atoms with Crippen LogP contribution in [0, 0.1) is 0 Å². The average molecular weight is 423 g/mol. The lowest BCUT2D eigenvalue weighted by Gasteiger charge is -2.22. The zero-order chi connectivity index (χ0) is 21.7. The summed E-state index contributed by atoms with van der Waals surface area (Å²) in [4.78, 5) is 23.5. The van der Waals surface area contributed by atoms with Gasteiger partial charge in [0.15, 0.2) is 0 Å². The van der Waals surface area contributed by atoms with E-state index in [0.29, 0.717) is 22.5 Å². The number of nitrogens with zero attached hydrogens (tertiary/aromatic N) is 1. The first-order valence-electron chi connectivity index (χ1n) is 9.07. The molecule has 30 heavy (non-hydrogen) atoms. The molecule has 3 N–H and O–H groups in total. The summed E-state index contributed by atoms with van der Waals surface area (Å²) < 4.78 is 25.7. The molecule has 3 aromatic carbocycles. The van der Waals surface area contributed by atoms with Crippen LogP contribution >= 0.6 is 0 Å². The number of nitrogens with one attached hydrogen (secondary N) is 1. The lowest BCUT2D eigenvalue weighted by atomic mass is 10.1. The predicted octanol–water partition coefficient (Wildman–Crippen LogP) is 3.00. The Morgan fingerprint density at radius 3 is 1.97 bits per heavy atom. The maximum Gasteiger partial charge on any atom is 0.255 e. The first-order chi connectivity index (χ1) is 14.2. The Kier molecular flexibility index (Phi) is 6.17. The zero-order valence-electron chi connectivity index (χ0n) is 16.3. The Balaban J connectivity index is 1.72. The molecule has 0 atom stereocenters. The highest BCUT2D eigenvalue weighted by Gasteiger charge is 2.18. The molecule has 2 amide bonds. The molecule has 0 heterocycles. The number of carbonyl (C=O) groups is 2. The van der Waals surface area contributed by atoms with Crippen molar-refractivity contribution < 1.29 is 18.0 Å². The van der Waals surface area contributed by atoms with E-state index in [1.54, 1.807) is 60.7 Å². The molecule has 0 aliphatic heterocycles. The number of hydrogen-bond donors (Lipinski definition) is 2. The van der Waals surface area contributed by atoms with Crippen molar-refractivity contribution in [2.75, 3.05) is 15.9 Å². The average Bonchev–Trinajstić information content (AvgIpc) is 2.72. The van der Waals surface area contributed by atoms with Gasteiger partial charge in [-0.25, -0.2) is 8.42 Å². The van der Waals surface area contributed by atoms with Crippen molar-refractivity contribution in [1.82, 2.24) is 0 Å². The van der Waals surface area contributed by atoms with E-state index in [1.807, 2.05) is 6.07 Å². The van der Waals surface area contributed by atoms with E-state index < -0.39 is 15.9 Å². The van der Waals surface area contributed by atoms with Gasteiger partial charge in [0.2, 0.25) is 15.9 Å². The van der Waals surface area contributed by atoms with Crippen molar-refractivity contribution in [3.05, 3.63) is 95.6 Å². The second-order valence-corrected chi connectivity index (χ2v) is 8.60. The number of carbonyl (C=O) groups excluding carboxylic acids is 2. The number of sulfonamides is 1. The SMILES string of the molecule is CS(=O)(=O)N(Cc1ccc(C(=O)Nc2ccc(C(N)=O)cc2)cc1)c1ccccc1. The molecular formula is C22H21N3O4S. The number of para-hydroxylation sites is 1. The number of anilines is 2. The van der Waals surface area contributed by atoms with Crippen LogP contribution in [0.5, 0.6) is 0 Å². The summed E-state index contributed by atoms with van der Waals surface area (Å²) in [5, 5.41) is 2.74. The highest BCUT2D eigenvalue weighted by atomic mass is 32.2. The highest BCUT2D eigenvalue weighted by molar-refractivity contribution is 7.92. The van der Waals surface area contributed by atoms with Crippen LogP contribution in [0.25, 0.3) is 0 Å². The summed E-state index contributed by atoms with van der Waals surface area (Å²) in [6.07, 6.45) is 1.16. The van der Waals surface area contributed by atoms with Crippen LogP contribution in [0.15, 0.2) is 78.9 Å². The van der Waals surface area contributed by atoms with E-state index in [2.05, 4.69) is 5.32 Å². The molecule has 0 bridgehead atoms. The van der Waals surface area contributed by atoms with Gasteiger partial charge in [0.1, 0.15) is 0 Å². The lowest BCUT2D eigenvalue weighted by molar-refractivity contribution is 0.0998. The monoisotopic (exact) mass is 423 g/mol. The number of rotatable bonds is 7. The van der Waals surface area contributed by atoms with Crippen LogP contribution in [0.1, 0.15) is 26.3 Å². The Labute approximate surface area is 175 Å². The van der Waals surface area contributed by atoms with E-state index in [9.17, 15) is 18.0 Å². The molecule has 0 aromatic heterocycles. The number of benzene rings is 3. The Morgan fingerprint density at radius 1 is 0.867 bits per heavy atom. The Morgan fingerprint density at radius 2 is 1.43 bits per heavy atom. The first-order valence-corrected chi connectivity index (χ1v) is 10.9. The number of hydrogen-bond acceptors (Lipinski definition) is 4. The van der Waals surface area contributed by atoms with E-state index in [1.165, 1.54) is 16.4 Å². The third-order valence-corrected chi connectivity index (χ3v) is 5.55. The maximum atomic E-state index is 12.4. The van der Waals surface area contributed by atoms with Crippen LogP contribution in [0.4, 0.5) is 11.4 Å². The summed E-state index contributed by atoms with van der Waals surface area (Å²) in [6, 6.07) is 21.8. The van der Waals surface area contributed by atoms with E-state index in [4.69, 9.17) is 5.73 Å². The molecule has 8 heteroatoms. The molecule has 0 saturated carbocycles. The smallest absolute Gasteiger partial charge is 0.255 e. The van der Waals surface area contributed by atoms with Gasteiger partial charge in [-0.3, -0.25) is 13.9 Å². The van der Waals surface area contributed by atoms with E-state index >= 15 is 0 Å². The first kappa shape index (κ1) is 21.1. The lowest BCUT2D eigenvalue weighted by Crippen LogP contribution is -2.29. The minimum atomic E-state index is -3.47. The number of nitrogens with two attached hydrogens (primary N) is 1. The van der Waals surface area contributed by atoms with Gasteiger partial charge in [-0.15, -0.1) is 0 Å². The largest absolute Gasteiger partial charge is 0.366 e. The fourth-order valence-electron chi connectivity index (χ4n) is 2.84. The number of primary amides is 1. The van der Waals surface area contributed by atoms with E-state index in [-0.39, 0.29) is 12.5 Å². The summed E-state index contributed by atoms with van der Waals surface area (Å²) in [5.41, 5.74) is 7.82. The molecule has 3 aromatic rings. The van der Waals surface area contributed by atoms with Gasteiger partial charge in [0, 0.05) is 16.8 Å². The van der Waals surface area contributed by atoms with Crippen LogP contribution in [0.2, 0.25) is 0 Å². The Bertz CT molecular complexity index is 1140. The molecular weight excluding hydrogens is 402 g/mol. The molecule has 0 fully saturated rings. The van der Waals surface area contributed by atoms with Gasteiger partial charge in [-0.2, -0.15) is 0 Å². The molecule has 0 spiro atoms. The van der Waals surface area contributed by atoms with E-state index in [0.717, 1.165) is 11.8 Å². The summed E-state index contributed by atoms with van der Waals surface area (Å²) in [6.45, 7) is 0.152. The van der Waals surface area contributed by atoms with Gasteiger partial charge in [-0.05, 0) is 54.1 Å². The summed E-state index contributed by atoms with van der Waals surface area (Å²) in [7, 11) is -3.47. The molecule has 0 radical (unpaired) electrons. The number of amides is 2. The van der Waals surface area contributed by atoms with Gasteiger partial charge in [0.25, 0.3) is 5.91 Å². The quantitative estimate of drug-likeness (QED) is 0.609. The van der Waals surface area contributed by atoms with Gasteiger partial charge in [-0.1, -0.05) is 30.3 Å². The van der Waals surface area contributed by atoms with Gasteiger partial charge >= 0.3 is 0 Å². The molecule has 0 unspecified atom stereocenters. The predicted molar refractivity (Wildman–Crippen MR) is 117 cm³/mol. The summed E-state index contributed by atoms with van der Waals surface area (Å²) in [5.74, 6) is -0.862. The molecule has 7 nitrogen and oxygen atoms in total. The van der Waals surface area contributed by atoms with Crippen LogP contribution < -0.4 is 15.4 Å². The second kappa shape index (κ2) is 8.79. The van der Waals surface area contributed by atoms with Crippen LogP contribution in [-0.4, -0.2) is 26.5 Å². The standard InChI is InChI=1S/C22H21N3O4S/c1-30(28,29)25(20-5-3-2-4-6-20)15-16-7-9-18(10-8-16)22(27)24-19-13-11-17(12-14-19)21(23)26/h2-14H,15H2,1H3,(H2,23,26)(H,24,27). The topological polar surface area (TPSA) is 110 Å². The molecule has 154 valence electrons. The van der Waals surface area contributed by atoms with Crippen molar-refractivity contribution in [2.45, 2.75) is 6.54 Å². The third kappa shape index (κ3) is 5.24. The van der Waals surface area contributed by atoms with Crippen molar-refractivity contribution >= 4 is 33.2 Å². The fraction of sp³-hybridized carbons (Fsp3) is 0.0909. The molecule has 0 aliphatic rings. The molecule has 0 saturated heterocycles. The fourth-order valence-corrected chi connectivity index (χ4v) is 3.73. The van der Waals surface area contributed by atoms with Crippen LogP contribution in [0.3, 0.4) is 0 Å². The normalized spacial score (nSPS) is 11.0. The van der Waals surface area contributed by atoms with Crippen molar-refractivity contribution in [3.63, 3.8) is 0 Å². The minimum Gasteiger partial charge on any atom is -0.366 e. The van der Waals surface area contributed by atoms with Crippen molar-refractivity contribution in [3.8, 4) is 0 Å². The highest BCUT2D eigenvalue weighted by Crippen LogP contribution is 2.20. The van der Waals surface area contributed by atoms with Gasteiger partial charge < -0.3 is 11.1 Å². The molecule has 0 aliphatic carbocycles. The zero-order valence-corrected chi connectivity index (χ0v) is 17.1. The summed E-state index contributed by atoms with van der Waals surface area (Å²) >= 11 is 0.